The quantitative estimate of drug-likeness (QED) is 0.255. The Morgan fingerprint density at radius 1 is 0.810 bits per heavy atom. The number of ether oxygens (including phenoxy) is 1. The molecule has 0 aromatic rings. The van der Waals surface area contributed by atoms with Crippen molar-refractivity contribution < 1.29 is 14.3 Å². The second-order valence-electron chi connectivity index (χ2n) is 5.91. The van der Waals surface area contributed by atoms with Gasteiger partial charge in [-0.25, -0.2) is 0 Å². The Kier molecular flexibility index (Phi) is 13.5. The predicted molar refractivity (Wildman–Crippen MR) is 87.3 cm³/mol. The first-order chi connectivity index (χ1) is 10.2. The fourth-order valence-electron chi connectivity index (χ4n) is 2.58. The lowest BCUT2D eigenvalue weighted by Crippen LogP contribution is -2.25. The summed E-state index contributed by atoms with van der Waals surface area (Å²) in [7, 11) is 1.38. The molecule has 0 amide bonds. The number of Topliss-reactive ketones (excluding diaryl/α,β-unsaturated/α-hetero) is 1. The van der Waals surface area contributed by atoms with Crippen LogP contribution in [0.25, 0.3) is 0 Å². The summed E-state index contributed by atoms with van der Waals surface area (Å²) in [6.07, 6.45) is 12.5. The smallest absolute Gasteiger partial charge is 0.316 e. The first-order valence-electron chi connectivity index (χ1n) is 8.77. The third kappa shape index (κ3) is 10.5. The summed E-state index contributed by atoms with van der Waals surface area (Å²) in [5.74, 6) is -0.791. The molecule has 0 heterocycles. The van der Waals surface area contributed by atoms with Crippen LogP contribution in [-0.4, -0.2) is 18.9 Å². The molecule has 3 nitrogen and oxygen atoms in total. The average molecular weight is 298 g/mol. The zero-order valence-corrected chi connectivity index (χ0v) is 14.3. The van der Waals surface area contributed by atoms with Gasteiger partial charge in [0.2, 0.25) is 0 Å². The molecule has 0 bridgehead atoms. The standard InChI is InChI=1S/C18H34O3/c1-4-6-8-10-12-14-16(18(20)21-3)17(19)15-13-11-9-7-5-2/h16H,4-15H2,1-3H3. The second kappa shape index (κ2) is 14.1. The molecule has 0 spiro atoms. The number of ketones is 1. The van der Waals surface area contributed by atoms with E-state index in [0.29, 0.717) is 12.8 Å². The van der Waals surface area contributed by atoms with Crippen molar-refractivity contribution >= 4 is 11.8 Å². The summed E-state index contributed by atoms with van der Waals surface area (Å²) in [6.45, 7) is 4.36. The number of carbonyl (C=O) groups is 2. The highest BCUT2D eigenvalue weighted by Gasteiger charge is 2.26. The molecular formula is C18H34O3. The van der Waals surface area contributed by atoms with Crippen LogP contribution in [0.5, 0.6) is 0 Å². The lowest BCUT2D eigenvalue weighted by molar-refractivity contribution is -0.149. The van der Waals surface area contributed by atoms with Gasteiger partial charge in [0.1, 0.15) is 11.7 Å². The minimum atomic E-state index is -0.525. The summed E-state index contributed by atoms with van der Waals surface area (Å²) >= 11 is 0. The highest BCUT2D eigenvalue weighted by Crippen LogP contribution is 2.17. The van der Waals surface area contributed by atoms with E-state index in [4.69, 9.17) is 4.74 Å². The summed E-state index contributed by atoms with van der Waals surface area (Å²) < 4.78 is 4.80. The Morgan fingerprint density at radius 3 is 1.86 bits per heavy atom. The van der Waals surface area contributed by atoms with Crippen LogP contribution in [0.1, 0.15) is 90.9 Å². The largest absolute Gasteiger partial charge is 0.468 e. The van der Waals surface area contributed by atoms with Gasteiger partial charge in [0.15, 0.2) is 0 Å². The van der Waals surface area contributed by atoms with Gasteiger partial charge < -0.3 is 4.74 Å². The molecule has 0 aliphatic rings. The maximum atomic E-state index is 12.2. The maximum Gasteiger partial charge on any atom is 0.316 e. The van der Waals surface area contributed by atoms with E-state index in [1.165, 1.54) is 45.6 Å². The molecule has 21 heavy (non-hydrogen) atoms. The van der Waals surface area contributed by atoms with Gasteiger partial charge in [-0.3, -0.25) is 9.59 Å². The second-order valence-corrected chi connectivity index (χ2v) is 5.91. The third-order valence-corrected chi connectivity index (χ3v) is 4.00. The van der Waals surface area contributed by atoms with Gasteiger partial charge in [-0.2, -0.15) is 0 Å². The molecule has 0 saturated carbocycles. The van der Waals surface area contributed by atoms with E-state index in [1.807, 2.05) is 0 Å². The molecule has 3 heteroatoms. The molecule has 0 saturated heterocycles. The minimum absolute atomic E-state index is 0.0776. The number of unbranched alkanes of at least 4 members (excludes halogenated alkanes) is 8. The van der Waals surface area contributed by atoms with E-state index in [-0.39, 0.29) is 11.8 Å². The molecule has 0 aromatic heterocycles. The van der Waals surface area contributed by atoms with Crippen LogP contribution in [0.3, 0.4) is 0 Å². The monoisotopic (exact) mass is 298 g/mol. The van der Waals surface area contributed by atoms with Crippen molar-refractivity contribution in [2.24, 2.45) is 5.92 Å². The van der Waals surface area contributed by atoms with E-state index in [0.717, 1.165) is 25.7 Å². The minimum Gasteiger partial charge on any atom is -0.468 e. The molecule has 0 N–H and O–H groups in total. The van der Waals surface area contributed by atoms with Crippen molar-refractivity contribution in [3.8, 4) is 0 Å². The first-order valence-corrected chi connectivity index (χ1v) is 8.77. The van der Waals surface area contributed by atoms with Crippen molar-refractivity contribution in [2.45, 2.75) is 90.9 Å². The number of methoxy groups -OCH3 is 1. The van der Waals surface area contributed by atoms with Crippen molar-refractivity contribution in [3.63, 3.8) is 0 Å². The molecule has 0 aliphatic carbocycles. The van der Waals surface area contributed by atoms with Crippen molar-refractivity contribution in [3.05, 3.63) is 0 Å². The highest BCUT2D eigenvalue weighted by molar-refractivity contribution is 5.98. The lowest BCUT2D eigenvalue weighted by atomic mass is 9.93. The SMILES string of the molecule is CCCCCCCC(=O)C(CCCCCCC)C(=O)OC. The van der Waals surface area contributed by atoms with Crippen molar-refractivity contribution in [1.82, 2.24) is 0 Å². The van der Waals surface area contributed by atoms with E-state index < -0.39 is 5.92 Å². The number of hydrogen-bond donors (Lipinski definition) is 0. The number of hydrogen-bond acceptors (Lipinski definition) is 3. The van der Waals surface area contributed by atoms with Gasteiger partial charge in [-0.1, -0.05) is 71.6 Å². The van der Waals surface area contributed by atoms with Crippen LogP contribution in [-0.2, 0) is 14.3 Å². The van der Waals surface area contributed by atoms with E-state index in [1.54, 1.807) is 0 Å². The molecule has 124 valence electrons. The van der Waals surface area contributed by atoms with Crippen LogP contribution in [0.4, 0.5) is 0 Å². The zero-order valence-electron chi connectivity index (χ0n) is 14.3. The highest BCUT2D eigenvalue weighted by atomic mass is 16.5. The maximum absolute atomic E-state index is 12.2. The van der Waals surface area contributed by atoms with Crippen LogP contribution in [0.15, 0.2) is 0 Å². The zero-order chi connectivity index (χ0) is 15.9. The van der Waals surface area contributed by atoms with Crippen molar-refractivity contribution in [2.75, 3.05) is 7.11 Å². The fraction of sp³-hybridized carbons (Fsp3) is 0.889. The molecule has 1 atom stereocenters. The number of carbonyl (C=O) groups excluding carboxylic acids is 2. The average Bonchev–Trinajstić information content (AvgIpc) is 2.49. The van der Waals surface area contributed by atoms with Gasteiger partial charge >= 0.3 is 5.97 Å². The summed E-state index contributed by atoms with van der Waals surface area (Å²) in [5.41, 5.74) is 0. The van der Waals surface area contributed by atoms with Crippen LogP contribution >= 0.6 is 0 Å². The molecular weight excluding hydrogens is 264 g/mol. The van der Waals surface area contributed by atoms with E-state index >= 15 is 0 Å². The number of esters is 1. The fourth-order valence-corrected chi connectivity index (χ4v) is 2.58. The van der Waals surface area contributed by atoms with Crippen molar-refractivity contribution in [1.29, 1.82) is 0 Å². The molecule has 1 unspecified atom stereocenters. The predicted octanol–water partition coefficient (Wildman–Crippen LogP) is 5.07. The third-order valence-electron chi connectivity index (χ3n) is 4.00. The Hall–Kier alpha value is -0.860. The molecule has 0 fully saturated rings. The Morgan fingerprint density at radius 2 is 1.33 bits per heavy atom. The topological polar surface area (TPSA) is 43.4 Å². The lowest BCUT2D eigenvalue weighted by Gasteiger charge is -2.13. The van der Waals surface area contributed by atoms with Gasteiger partial charge in [0.05, 0.1) is 7.11 Å². The summed E-state index contributed by atoms with van der Waals surface area (Å²) in [4.78, 5) is 24.0. The Balaban J connectivity index is 4.02. The molecule has 0 radical (unpaired) electrons. The van der Waals surface area contributed by atoms with E-state index in [2.05, 4.69) is 13.8 Å². The van der Waals surface area contributed by atoms with Crippen LogP contribution in [0, 0.1) is 5.92 Å². The Labute approximate surface area is 130 Å². The summed E-state index contributed by atoms with van der Waals surface area (Å²) in [6, 6.07) is 0. The van der Waals surface area contributed by atoms with Crippen LogP contribution < -0.4 is 0 Å². The van der Waals surface area contributed by atoms with Gasteiger partial charge in [-0.05, 0) is 12.8 Å². The van der Waals surface area contributed by atoms with Gasteiger partial charge in [0.25, 0.3) is 0 Å². The summed E-state index contributed by atoms with van der Waals surface area (Å²) in [5, 5.41) is 0. The molecule has 0 aliphatic heterocycles. The van der Waals surface area contributed by atoms with Gasteiger partial charge in [0, 0.05) is 6.42 Å². The van der Waals surface area contributed by atoms with E-state index in [9.17, 15) is 9.59 Å². The van der Waals surface area contributed by atoms with Crippen LogP contribution in [0.2, 0.25) is 0 Å². The first kappa shape index (κ1) is 20.1. The number of rotatable bonds is 14. The molecule has 0 aromatic carbocycles. The van der Waals surface area contributed by atoms with Gasteiger partial charge in [-0.15, -0.1) is 0 Å². The Bertz CT molecular complexity index is 274. The normalized spacial score (nSPS) is 12.1. The molecule has 0 rings (SSSR count).